The Labute approximate surface area is 147 Å². The second-order valence-corrected chi connectivity index (χ2v) is 7.27. The van der Waals surface area contributed by atoms with E-state index in [-0.39, 0.29) is 5.91 Å². The molecule has 1 N–H and O–H groups in total. The fraction of sp³-hybridized carbons (Fsp3) is 0.474. The van der Waals surface area contributed by atoms with Crippen LogP contribution in [0.2, 0.25) is 0 Å². The Morgan fingerprint density at radius 3 is 2.79 bits per heavy atom. The molecule has 1 aliphatic carbocycles. The second-order valence-electron chi connectivity index (χ2n) is 6.33. The van der Waals surface area contributed by atoms with E-state index >= 15 is 0 Å². The number of benzene rings is 1. The minimum atomic E-state index is 0.115. The van der Waals surface area contributed by atoms with Crippen molar-refractivity contribution >= 4 is 28.7 Å². The highest BCUT2D eigenvalue weighted by molar-refractivity contribution is 7.99. The number of aromatic nitrogens is 2. The van der Waals surface area contributed by atoms with Gasteiger partial charge in [-0.2, -0.15) is 0 Å². The molecular weight excluding hydrogens is 318 g/mol. The molecule has 1 saturated carbocycles. The summed E-state index contributed by atoms with van der Waals surface area (Å²) in [5.41, 5.74) is 2.05. The molecule has 1 heterocycles. The number of hydrogen-bond donors (Lipinski definition) is 1. The highest BCUT2D eigenvalue weighted by Gasteiger charge is 2.16. The average molecular weight is 343 g/mol. The number of rotatable bonds is 6. The van der Waals surface area contributed by atoms with E-state index in [0.717, 1.165) is 29.0 Å². The Morgan fingerprint density at radius 2 is 2.04 bits per heavy atom. The van der Waals surface area contributed by atoms with Crippen molar-refractivity contribution in [2.24, 2.45) is 0 Å². The maximum Gasteiger partial charge on any atom is 0.230 e. The van der Waals surface area contributed by atoms with Crippen LogP contribution < -0.4 is 5.32 Å². The van der Waals surface area contributed by atoms with Gasteiger partial charge in [-0.1, -0.05) is 55.7 Å². The molecule has 0 aliphatic heterocycles. The Kier molecular flexibility index (Phi) is 5.96. The van der Waals surface area contributed by atoms with Gasteiger partial charge in [0, 0.05) is 12.6 Å². The smallest absolute Gasteiger partial charge is 0.230 e. The van der Waals surface area contributed by atoms with Crippen molar-refractivity contribution in [3.05, 3.63) is 36.9 Å². The van der Waals surface area contributed by atoms with Crippen molar-refractivity contribution in [3.63, 3.8) is 0 Å². The van der Waals surface area contributed by atoms with Crippen LogP contribution in [0.15, 0.2) is 42.1 Å². The van der Waals surface area contributed by atoms with E-state index in [9.17, 15) is 4.79 Å². The van der Waals surface area contributed by atoms with E-state index in [1.165, 1.54) is 37.4 Å². The lowest BCUT2D eigenvalue weighted by Crippen LogP contribution is -2.35. The lowest BCUT2D eigenvalue weighted by Gasteiger charge is -2.16. The Hall–Kier alpha value is -1.75. The van der Waals surface area contributed by atoms with E-state index in [0.29, 0.717) is 18.3 Å². The van der Waals surface area contributed by atoms with Gasteiger partial charge < -0.3 is 9.88 Å². The summed E-state index contributed by atoms with van der Waals surface area (Å²) in [4.78, 5) is 17.0. The van der Waals surface area contributed by atoms with Gasteiger partial charge in [0.2, 0.25) is 5.91 Å². The van der Waals surface area contributed by atoms with Gasteiger partial charge in [0.05, 0.1) is 16.8 Å². The van der Waals surface area contributed by atoms with Gasteiger partial charge >= 0.3 is 0 Å². The molecule has 0 spiro atoms. The number of carbonyl (C=O) groups excluding carboxylic acids is 1. The number of allylic oxidation sites excluding steroid dienone is 1. The molecule has 1 amide bonds. The van der Waals surface area contributed by atoms with Gasteiger partial charge in [0.15, 0.2) is 5.16 Å². The molecule has 0 saturated heterocycles. The summed E-state index contributed by atoms with van der Waals surface area (Å²) in [7, 11) is 0. The third-order valence-corrected chi connectivity index (χ3v) is 5.46. The minimum Gasteiger partial charge on any atom is -0.353 e. The molecular formula is C19H25N3OS. The van der Waals surface area contributed by atoms with E-state index in [1.807, 2.05) is 24.3 Å². The highest BCUT2D eigenvalue weighted by Crippen LogP contribution is 2.24. The summed E-state index contributed by atoms with van der Waals surface area (Å²) < 4.78 is 2.12. The number of nitrogens with zero attached hydrogens (tertiary/aromatic N) is 2. The van der Waals surface area contributed by atoms with Crippen LogP contribution in [0.5, 0.6) is 0 Å². The maximum absolute atomic E-state index is 12.3. The zero-order valence-electron chi connectivity index (χ0n) is 14.0. The molecule has 5 heteroatoms. The summed E-state index contributed by atoms with van der Waals surface area (Å²) >= 11 is 1.51. The molecule has 1 aliphatic rings. The molecule has 1 fully saturated rings. The largest absolute Gasteiger partial charge is 0.353 e. The van der Waals surface area contributed by atoms with Crippen LogP contribution in [0.25, 0.3) is 11.0 Å². The fourth-order valence-electron chi connectivity index (χ4n) is 3.29. The highest BCUT2D eigenvalue weighted by atomic mass is 32.2. The minimum absolute atomic E-state index is 0.115. The van der Waals surface area contributed by atoms with Crippen molar-refractivity contribution in [2.45, 2.75) is 56.3 Å². The van der Waals surface area contributed by atoms with E-state index in [4.69, 9.17) is 0 Å². The topological polar surface area (TPSA) is 46.9 Å². The van der Waals surface area contributed by atoms with Gasteiger partial charge in [-0.25, -0.2) is 4.98 Å². The summed E-state index contributed by atoms with van der Waals surface area (Å²) in [6, 6.07) is 8.41. The van der Waals surface area contributed by atoms with Gasteiger partial charge in [0.25, 0.3) is 0 Å². The number of nitrogens with one attached hydrogen (secondary N) is 1. The summed E-state index contributed by atoms with van der Waals surface area (Å²) in [6.07, 6.45) is 9.15. The second kappa shape index (κ2) is 8.38. The first kappa shape index (κ1) is 17.1. The quantitative estimate of drug-likeness (QED) is 0.487. The number of fused-ring (bicyclic) bond motifs is 1. The van der Waals surface area contributed by atoms with Crippen molar-refractivity contribution in [1.82, 2.24) is 14.9 Å². The van der Waals surface area contributed by atoms with E-state index < -0.39 is 0 Å². The first-order chi connectivity index (χ1) is 11.8. The van der Waals surface area contributed by atoms with Crippen LogP contribution in [0, 0.1) is 0 Å². The summed E-state index contributed by atoms with van der Waals surface area (Å²) in [5, 5.41) is 4.08. The molecule has 0 radical (unpaired) electrons. The lowest BCUT2D eigenvalue weighted by atomic mass is 10.1. The number of carbonyl (C=O) groups is 1. The number of thioether (sulfide) groups is 1. The first-order valence-electron chi connectivity index (χ1n) is 8.76. The molecule has 1 aromatic heterocycles. The number of amides is 1. The normalized spacial score (nSPS) is 16.0. The predicted molar refractivity (Wildman–Crippen MR) is 100 cm³/mol. The lowest BCUT2D eigenvalue weighted by molar-refractivity contribution is -0.119. The zero-order chi connectivity index (χ0) is 16.8. The average Bonchev–Trinajstić information content (AvgIpc) is 2.75. The number of hydrogen-bond acceptors (Lipinski definition) is 3. The zero-order valence-corrected chi connectivity index (χ0v) is 14.9. The number of para-hydroxylation sites is 2. The third kappa shape index (κ3) is 4.20. The van der Waals surface area contributed by atoms with Crippen LogP contribution in [0.1, 0.15) is 38.5 Å². The van der Waals surface area contributed by atoms with E-state index in [2.05, 4.69) is 27.5 Å². The molecule has 0 atom stereocenters. The monoisotopic (exact) mass is 343 g/mol. The molecule has 128 valence electrons. The van der Waals surface area contributed by atoms with Crippen LogP contribution in [-0.2, 0) is 11.3 Å². The van der Waals surface area contributed by atoms with Crippen LogP contribution in [0.4, 0.5) is 0 Å². The molecule has 0 unspecified atom stereocenters. The van der Waals surface area contributed by atoms with Crippen LogP contribution in [-0.4, -0.2) is 27.3 Å². The number of imidazole rings is 1. The van der Waals surface area contributed by atoms with Gasteiger partial charge in [-0.15, -0.1) is 6.58 Å². The molecule has 0 bridgehead atoms. The summed E-state index contributed by atoms with van der Waals surface area (Å²) in [5.74, 6) is 0.529. The van der Waals surface area contributed by atoms with Crippen molar-refractivity contribution in [2.75, 3.05) is 5.75 Å². The van der Waals surface area contributed by atoms with Gasteiger partial charge in [-0.3, -0.25) is 4.79 Å². The molecule has 24 heavy (non-hydrogen) atoms. The standard InChI is InChI=1S/C19H25N3OS/c1-2-13-22-17-12-8-7-11-16(17)21-19(22)24-14-18(23)20-15-9-5-3-4-6-10-15/h2,7-8,11-12,15H,1,3-6,9-10,13-14H2,(H,20,23). The van der Waals surface area contributed by atoms with E-state index in [1.54, 1.807) is 0 Å². The SMILES string of the molecule is C=CCn1c(SCC(=O)NC2CCCCCC2)nc2ccccc21. The Bertz CT molecular complexity index is 702. The molecule has 3 rings (SSSR count). The van der Waals surface area contributed by atoms with Gasteiger partial charge in [0.1, 0.15) is 0 Å². The first-order valence-corrected chi connectivity index (χ1v) is 9.75. The molecule has 2 aromatic rings. The Morgan fingerprint density at radius 1 is 1.29 bits per heavy atom. The van der Waals surface area contributed by atoms with Crippen LogP contribution in [0.3, 0.4) is 0 Å². The summed E-state index contributed by atoms with van der Waals surface area (Å²) in [6.45, 7) is 4.53. The van der Waals surface area contributed by atoms with Gasteiger partial charge in [-0.05, 0) is 25.0 Å². The fourth-order valence-corrected chi connectivity index (χ4v) is 4.13. The molecule has 1 aromatic carbocycles. The third-order valence-electron chi connectivity index (χ3n) is 4.48. The molecule has 4 nitrogen and oxygen atoms in total. The van der Waals surface area contributed by atoms with Crippen LogP contribution >= 0.6 is 11.8 Å². The van der Waals surface area contributed by atoms with Crippen molar-refractivity contribution in [1.29, 1.82) is 0 Å². The van der Waals surface area contributed by atoms with Crippen molar-refractivity contribution < 1.29 is 4.79 Å². The van der Waals surface area contributed by atoms with Crippen molar-refractivity contribution in [3.8, 4) is 0 Å². The Balaban J connectivity index is 1.63. The predicted octanol–water partition coefficient (Wildman–Crippen LogP) is 4.15. The maximum atomic E-state index is 12.3.